The summed E-state index contributed by atoms with van der Waals surface area (Å²) in [6.07, 6.45) is 4.74. The molecule has 2 heterocycles. The fraction of sp³-hybridized carbons (Fsp3) is 0.333. The maximum absolute atomic E-state index is 12.3. The molecule has 3 rings (SSSR count). The van der Waals surface area contributed by atoms with Crippen molar-refractivity contribution in [2.75, 3.05) is 13.2 Å². The van der Waals surface area contributed by atoms with E-state index in [1.165, 1.54) is 11.9 Å². The van der Waals surface area contributed by atoms with E-state index in [9.17, 15) is 4.79 Å². The van der Waals surface area contributed by atoms with Crippen molar-refractivity contribution in [2.45, 2.75) is 26.9 Å². The van der Waals surface area contributed by atoms with E-state index >= 15 is 0 Å². The van der Waals surface area contributed by atoms with Gasteiger partial charge in [0.2, 0.25) is 0 Å². The molecular weight excluding hydrogens is 332 g/mol. The van der Waals surface area contributed by atoms with Crippen LogP contribution in [-0.2, 0) is 17.8 Å². The highest BCUT2D eigenvalue weighted by molar-refractivity contribution is 5.90. The van der Waals surface area contributed by atoms with Crippen LogP contribution in [-0.4, -0.2) is 43.7 Å². The summed E-state index contributed by atoms with van der Waals surface area (Å²) in [7, 11) is 0. The number of esters is 1. The number of aryl methyl sites for hydroxylation is 1. The van der Waals surface area contributed by atoms with Gasteiger partial charge in [0.1, 0.15) is 18.2 Å². The Morgan fingerprint density at radius 3 is 2.73 bits per heavy atom. The Hall–Kier alpha value is -3.00. The summed E-state index contributed by atoms with van der Waals surface area (Å²) in [4.78, 5) is 16.2. The fourth-order valence-corrected chi connectivity index (χ4v) is 2.58. The number of carbonyl (C=O) groups is 1. The Labute approximate surface area is 151 Å². The van der Waals surface area contributed by atoms with Crippen LogP contribution >= 0.6 is 0 Å². The first-order chi connectivity index (χ1) is 12.7. The van der Waals surface area contributed by atoms with Gasteiger partial charge in [-0.1, -0.05) is 17.7 Å². The minimum absolute atomic E-state index is 0.327. The molecule has 1 N–H and O–H groups in total. The van der Waals surface area contributed by atoms with Crippen LogP contribution in [0.3, 0.4) is 0 Å². The first-order valence-electron chi connectivity index (χ1n) is 8.53. The van der Waals surface area contributed by atoms with Gasteiger partial charge in [0.15, 0.2) is 0 Å². The zero-order valence-electron chi connectivity index (χ0n) is 14.9. The van der Waals surface area contributed by atoms with E-state index in [1.807, 2.05) is 31.2 Å². The van der Waals surface area contributed by atoms with Crippen LogP contribution in [0.15, 0.2) is 43.1 Å². The first-order valence-corrected chi connectivity index (χ1v) is 8.53. The van der Waals surface area contributed by atoms with Crippen LogP contribution in [0.25, 0.3) is 5.69 Å². The van der Waals surface area contributed by atoms with E-state index in [4.69, 9.17) is 4.74 Å². The number of ether oxygens (including phenoxy) is 1. The number of aromatic nitrogens is 5. The lowest BCUT2D eigenvalue weighted by molar-refractivity contribution is 0.0525. The molecule has 0 aliphatic carbocycles. The average molecular weight is 354 g/mol. The summed E-state index contributed by atoms with van der Waals surface area (Å²) < 4.78 is 8.68. The summed E-state index contributed by atoms with van der Waals surface area (Å²) >= 11 is 0. The van der Waals surface area contributed by atoms with Crippen molar-refractivity contribution in [1.82, 2.24) is 29.9 Å². The molecule has 0 saturated carbocycles. The van der Waals surface area contributed by atoms with Crippen LogP contribution in [0, 0.1) is 6.92 Å². The normalized spacial score (nSPS) is 10.8. The van der Waals surface area contributed by atoms with Gasteiger partial charge >= 0.3 is 5.97 Å². The van der Waals surface area contributed by atoms with Crippen molar-refractivity contribution in [3.05, 3.63) is 59.9 Å². The summed E-state index contributed by atoms with van der Waals surface area (Å²) in [6, 6.07) is 8.00. The van der Waals surface area contributed by atoms with Gasteiger partial charge in [-0.05, 0) is 26.0 Å². The average Bonchev–Trinajstić information content (AvgIpc) is 3.29. The lowest BCUT2D eigenvalue weighted by atomic mass is 10.2. The monoisotopic (exact) mass is 354 g/mol. The van der Waals surface area contributed by atoms with Crippen LogP contribution in [0.2, 0.25) is 0 Å². The van der Waals surface area contributed by atoms with E-state index in [2.05, 4.69) is 20.5 Å². The molecule has 0 aliphatic rings. The zero-order valence-corrected chi connectivity index (χ0v) is 14.9. The molecule has 26 heavy (non-hydrogen) atoms. The Bertz CT molecular complexity index is 839. The maximum Gasteiger partial charge on any atom is 0.341 e. The maximum atomic E-state index is 12.3. The molecule has 1 aromatic carbocycles. The topological polar surface area (TPSA) is 86.9 Å². The molecule has 0 bridgehead atoms. The van der Waals surface area contributed by atoms with Gasteiger partial charge < -0.3 is 10.1 Å². The van der Waals surface area contributed by atoms with Crippen LogP contribution in [0.1, 0.15) is 28.5 Å². The molecule has 136 valence electrons. The summed E-state index contributed by atoms with van der Waals surface area (Å²) in [5.41, 5.74) is 3.31. The summed E-state index contributed by atoms with van der Waals surface area (Å²) in [6.45, 7) is 6.00. The van der Waals surface area contributed by atoms with Crippen molar-refractivity contribution in [3.63, 3.8) is 0 Å². The Balaban J connectivity index is 1.78. The third kappa shape index (κ3) is 4.15. The van der Waals surface area contributed by atoms with E-state index in [0.717, 1.165) is 11.4 Å². The minimum atomic E-state index is -0.362. The van der Waals surface area contributed by atoms with Gasteiger partial charge in [-0.15, -0.1) is 0 Å². The predicted octanol–water partition coefficient (Wildman–Crippen LogP) is 1.74. The molecule has 3 aromatic rings. The van der Waals surface area contributed by atoms with Crippen LogP contribution in [0.4, 0.5) is 0 Å². The van der Waals surface area contributed by atoms with Crippen LogP contribution < -0.4 is 5.32 Å². The lowest BCUT2D eigenvalue weighted by Crippen LogP contribution is -2.23. The van der Waals surface area contributed by atoms with Gasteiger partial charge in [-0.2, -0.15) is 10.2 Å². The van der Waals surface area contributed by atoms with Gasteiger partial charge in [0.25, 0.3) is 0 Å². The zero-order chi connectivity index (χ0) is 18.4. The van der Waals surface area contributed by atoms with Gasteiger partial charge in [-0.25, -0.2) is 14.5 Å². The van der Waals surface area contributed by atoms with E-state index in [0.29, 0.717) is 31.8 Å². The number of benzene rings is 1. The molecule has 0 aliphatic heterocycles. The fourth-order valence-electron chi connectivity index (χ4n) is 2.58. The second kappa shape index (κ2) is 8.39. The van der Waals surface area contributed by atoms with Gasteiger partial charge in [0.05, 0.1) is 30.7 Å². The number of nitrogens with one attached hydrogen (secondary N) is 1. The van der Waals surface area contributed by atoms with E-state index in [-0.39, 0.29) is 5.97 Å². The smallest absolute Gasteiger partial charge is 0.341 e. The number of nitrogens with zero attached hydrogens (tertiary/aromatic N) is 5. The summed E-state index contributed by atoms with van der Waals surface area (Å²) in [5, 5.41) is 11.8. The Morgan fingerprint density at radius 1 is 1.23 bits per heavy atom. The molecule has 0 unspecified atom stereocenters. The Morgan fingerprint density at radius 2 is 2.04 bits per heavy atom. The van der Waals surface area contributed by atoms with E-state index in [1.54, 1.807) is 28.8 Å². The molecular formula is C18H22N6O2. The second-order valence-electron chi connectivity index (χ2n) is 5.81. The third-order valence-electron chi connectivity index (χ3n) is 3.92. The van der Waals surface area contributed by atoms with Crippen molar-refractivity contribution < 1.29 is 9.53 Å². The second-order valence-corrected chi connectivity index (χ2v) is 5.81. The molecule has 8 heteroatoms. The highest BCUT2D eigenvalue weighted by atomic mass is 16.5. The largest absolute Gasteiger partial charge is 0.462 e. The Kier molecular flexibility index (Phi) is 5.75. The van der Waals surface area contributed by atoms with Gasteiger partial charge in [-0.3, -0.25) is 4.68 Å². The molecule has 2 aromatic heterocycles. The molecule has 8 nitrogen and oxygen atoms in total. The quantitative estimate of drug-likeness (QED) is 0.490. The molecule has 0 saturated heterocycles. The standard InChI is InChI=1S/C18H22N6O2/c1-3-26-18(25)16-10-21-24(15-6-4-14(2)5-7-15)17(16)11-19-8-9-23-13-20-12-22-23/h4-7,10,12-13,19H,3,8-9,11H2,1-2H3. The highest BCUT2D eigenvalue weighted by Gasteiger charge is 2.19. The molecule has 0 radical (unpaired) electrons. The third-order valence-corrected chi connectivity index (χ3v) is 3.92. The SMILES string of the molecule is CCOC(=O)c1cnn(-c2ccc(C)cc2)c1CNCCn1cncn1. The van der Waals surface area contributed by atoms with Crippen molar-refractivity contribution in [3.8, 4) is 5.69 Å². The minimum Gasteiger partial charge on any atom is -0.462 e. The first kappa shape index (κ1) is 17.8. The molecule has 0 spiro atoms. The van der Waals surface area contributed by atoms with Crippen LogP contribution in [0.5, 0.6) is 0 Å². The summed E-state index contributed by atoms with van der Waals surface area (Å²) in [5.74, 6) is -0.362. The van der Waals surface area contributed by atoms with Crippen molar-refractivity contribution >= 4 is 5.97 Å². The number of rotatable bonds is 8. The van der Waals surface area contributed by atoms with Gasteiger partial charge in [0, 0.05) is 13.1 Å². The van der Waals surface area contributed by atoms with E-state index < -0.39 is 0 Å². The van der Waals surface area contributed by atoms with Crippen molar-refractivity contribution in [1.29, 1.82) is 0 Å². The predicted molar refractivity (Wildman–Crippen MR) is 96.0 cm³/mol. The van der Waals surface area contributed by atoms with Crippen molar-refractivity contribution in [2.24, 2.45) is 0 Å². The number of hydrogen-bond donors (Lipinski definition) is 1. The molecule has 0 atom stereocenters. The highest BCUT2D eigenvalue weighted by Crippen LogP contribution is 2.17. The number of hydrogen-bond acceptors (Lipinski definition) is 6. The molecule has 0 fully saturated rings. The molecule has 0 amide bonds. The number of carbonyl (C=O) groups excluding carboxylic acids is 1. The lowest BCUT2D eigenvalue weighted by Gasteiger charge is -2.11.